The van der Waals surface area contributed by atoms with Crippen molar-refractivity contribution >= 4 is 6.29 Å². The number of aryl methyl sites for hydroxylation is 1. The number of halogens is 1. The lowest BCUT2D eigenvalue weighted by Gasteiger charge is -2.16. The van der Waals surface area contributed by atoms with Crippen molar-refractivity contribution in [1.82, 2.24) is 0 Å². The zero-order chi connectivity index (χ0) is 9.26. The Hall–Kier alpha value is -1.18. The second kappa shape index (κ2) is 3.29. The second-order valence-corrected chi connectivity index (χ2v) is 3.43. The van der Waals surface area contributed by atoms with Gasteiger partial charge in [0, 0.05) is 0 Å². The third-order valence-corrected chi connectivity index (χ3v) is 2.62. The summed E-state index contributed by atoms with van der Waals surface area (Å²) in [6, 6.07) is 3.45. The van der Waals surface area contributed by atoms with Crippen molar-refractivity contribution in [2.24, 2.45) is 0 Å². The van der Waals surface area contributed by atoms with Crippen LogP contribution < -0.4 is 0 Å². The van der Waals surface area contributed by atoms with Gasteiger partial charge in [0.05, 0.1) is 5.56 Å². The van der Waals surface area contributed by atoms with Crippen LogP contribution in [0.2, 0.25) is 0 Å². The Kier molecular flexibility index (Phi) is 2.13. The first-order valence-electron chi connectivity index (χ1n) is 4.58. The van der Waals surface area contributed by atoms with E-state index < -0.39 is 0 Å². The molecule has 0 heterocycles. The van der Waals surface area contributed by atoms with Crippen molar-refractivity contribution < 1.29 is 9.18 Å². The Morgan fingerprint density at radius 2 is 2.00 bits per heavy atom. The maximum absolute atomic E-state index is 13.5. The maximum Gasteiger partial charge on any atom is 0.153 e. The molecule has 0 unspecified atom stereocenters. The van der Waals surface area contributed by atoms with E-state index in [1.807, 2.05) is 6.07 Å². The lowest BCUT2D eigenvalue weighted by atomic mass is 9.90. The Labute approximate surface area is 76.6 Å². The molecule has 0 bridgehead atoms. The first-order valence-corrected chi connectivity index (χ1v) is 4.58. The summed E-state index contributed by atoms with van der Waals surface area (Å²) in [5, 5.41) is 0. The van der Waals surface area contributed by atoms with E-state index in [-0.39, 0.29) is 11.4 Å². The minimum atomic E-state index is -0.299. The molecule has 1 aromatic carbocycles. The fraction of sp³-hybridized carbons (Fsp3) is 0.364. The summed E-state index contributed by atoms with van der Waals surface area (Å²) in [5.74, 6) is -0.299. The number of rotatable bonds is 1. The van der Waals surface area contributed by atoms with Gasteiger partial charge in [-0.3, -0.25) is 4.79 Å². The Morgan fingerprint density at radius 1 is 1.23 bits per heavy atom. The first kappa shape index (κ1) is 8.42. The number of carbonyl (C=O) groups is 1. The van der Waals surface area contributed by atoms with Gasteiger partial charge >= 0.3 is 0 Å². The first-order chi connectivity index (χ1) is 6.33. The lowest BCUT2D eigenvalue weighted by molar-refractivity contribution is 0.111. The highest BCUT2D eigenvalue weighted by molar-refractivity contribution is 5.76. The maximum atomic E-state index is 13.5. The summed E-state index contributed by atoms with van der Waals surface area (Å²) in [5.41, 5.74) is 2.03. The van der Waals surface area contributed by atoms with Crippen molar-refractivity contribution in [3.05, 3.63) is 34.6 Å². The largest absolute Gasteiger partial charge is 0.298 e. The second-order valence-electron chi connectivity index (χ2n) is 3.43. The van der Waals surface area contributed by atoms with E-state index in [0.29, 0.717) is 6.29 Å². The van der Waals surface area contributed by atoms with Crippen molar-refractivity contribution in [2.75, 3.05) is 0 Å². The van der Waals surface area contributed by atoms with Crippen LogP contribution in [0, 0.1) is 5.82 Å². The molecule has 0 N–H and O–H groups in total. The van der Waals surface area contributed by atoms with Gasteiger partial charge < -0.3 is 0 Å². The normalized spacial score (nSPS) is 15.2. The summed E-state index contributed by atoms with van der Waals surface area (Å²) < 4.78 is 13.5. The zero-order valence-corrected chi connectivity index (χ0v) is 7.35. The van der Waals surface area contributed by atoms with Gasteiger partial charge in [-0.05, 0) is 42.9 Å². The molecule has 1 aliphatic rings. The molecule has 0 atom stereocenters. The monoisotopic (exact) mass is 178 g/mol. The fourth-order valence-corrected chi connectivity index (χ4v) is 1.89. The molecule has 0 amide bonds. The molecular formula is C11H11FO. The molecule has 1 aromatic rings. The predicted octanol–water partition coefficient (Wildman–Crippen LogP) is 2.52. The Balaban J connectivity index is 2.54. The highest BCUT2D eigenvalue weighted by atomic mass is 19.1. The predicted molar refractivity (Wildman–Crippen MR) is 48.4 cm³/mol. The van der Waals surface area contributed by atoms with E-state index in [1.165, 1.54) is 0 Å². The quantitative estimate of drug-likeness (QED) is 0.604. The molecule has 0 fully saturated rings. The standard InChI is InChI=1S/C11H11FO/c12-11-9(7-13)6-5-8-3-1-2-4-10(8)11/h5-7H,1-4H2. The fourth-order valence-electron chi connectivity index (χ4n) is 1.89. The third-order valence-electron chi connectivity index (χ3n) is 2.62. The van der Waals surface area contributed by atoms with Crippen molar-refractivity contribution in [3.63, 3.8) is 0 Å². The van der Waals surface area contributed by atoms with Crippen LogP contribution in [0.15, 0.2) is 12.1 Å². The summed E-state index contributed by atoms with van der Waals surface area (Å²) in [6.45, 7) is 0. The molecule has 0 aromatic heterocycles. The van der Waals surface area contributed by atoms with Crippen LogP contribution >= 0.6 is 0 Å². The lowest BCUT2D eigenvalue weighted by Crippen LogP contribution is -2.07. The topological polar surface area (TPSA) is 17.1 Å². The Bertz CT molecular complexity index is 344. The van der Waals surface area contributed by atoms with Crippen molar-refractivity contribution in [2.45, 2.75) is 25.7 Å². The van der Waals surface area contributed by atoms with Gasteiger partial charge in [-0.1, -0.05) is 6.07 Å². The average molecular weight is 178 g/mol. The number of aldehydes is 1. The Morgan fingerprint density at radius 3 is 2.77 bits per heavy atom. The smallest absolute Gasteiger partial charge is 0.153 e. The van der Waals surface area contributed by atoms with E-state index in [0.717, 1.165) is 36.8 Å². The molecule has 2 heteroatoms. The molecule has 1 nitrogen and oxygen atoms in total. The van der Waals surface area contributed by atoms with Gasteiger partial charge in [0.2, 0.25) is 0 Å². The van der Waals surface area contributed by atoms with Gasteiger partial charge in [-0.25, -0.2) is 4.39 Å². The molecule has 0 spiro atoms. The summed E-state index contributed by atoms with van der Waals surface area (Å²) in [6.07, 6.45) is 4.48. The molecule has 0 saturated heterocycles. The van der Waals surface area contributed by atoms with Gasteiger partial charge in [0.25, 0.3) is 0 Å². The molecular weight excluding hydrogens is 167 g/mol. The molecule has 0 aliphatic heterocycles. The van der Waals surface area contributed by atoms with E-state index in [1.54, 1.807) is 6.07 Å². The number of carbonyl (C=O) groups excluding carboxylic acids is 1. The van der Waals surface area contributed by atoms with Crippen LogP contribution in [-0.4, -0.2) is 6.29 Å². The minimum Gasteiger partial charge on any atom is -0.298 e. The molecule has 2 rings (SSSR count). The zero-order valence-electron chi connectivity index (χ0n) is 7.35. The van der Waals surface area contributed by atoms with Crippen molar-refractivity contribution in [3.8, 4) is 0 Å². The van der Waals surface area contributed by atoms with E-state index in [4.69, 9.17) is 0 Å². The third kappa shape index (κ3) is 1.37. The number of hydrogen-bond donors (Lipinski definition) is 0. The SMILES string of the molecule is O=Cc1ccc2c(c1F)CCCC2. The van der Waals surface area contributed by atoms with Crippen LogP contribution in [0.3, 0.4) is 0 Å². The summed E-state index contributed by atoms with van der Waals surface area (Å²) in [4.78, 5) is 10.5. The van der Waals surface area contributed by atoms with Gasteiger partial charge in [-0.2, -0.15) is 0 Å². The highest BCUT2D eigenvalue weighted by Gasteiger charge is 2.15. The van der Waals surface area contributed by atoms with Gasteiger partial charge in [-0.15, -0.1) is 0 Å². The number of fused-ring (bicyclic) bond motifs is 1. The molecule has 68 valence electrons. The molecule has 0 saturated carbocycles. The highest BCUT2D eigenvalue weighted by Crippen LogP contribution is 2.25. The van der Waals surface area contributed by atoms with Crippen LogP contribution in [0.25, 0.3) is 0 Å². The average Bonchev–Trinajstić information content (AvgIpc) is 2.19. The summed E-state index contributed by atoms with van der Waals surface area (Å²) >= 11 is 0. The molecule has 1 aliphatic carbocycles. The van der Waals surface area contributed by atoms with E-state index in [2.05, 4.69) is 0 Å². The van der Waals surface area contributed by atoms with Crippen LogP contribution in [0.1, 0.15) is 34.3 Å². The summed E-state index contributed by atoms with van der Waals surface area (Å²) in [7, 11) is 0. The van der Waals surface area contributed by atoms with Crippen molar-refractivity contribution in [1.29, 1.82) is 0 Å². The van der Waals surface area contributed by atoms with E-state index >= 15 is 0 Å². The van der Waals surface area contributed by atoms with Crippen LogP contribution in [0.4, 0.5) is 4.39 Å². The number of hydrogen-bond acceptors (Lipinski definition) is 1. The number of benzene rings is 1. The van der Waals surface area contributed by atoms with Crippen LogP contribution in [0.5, 0.6) is 0 Å². The van der Waals surface area contributed by atoms with E-state index in [9.17, 15) is 9.18 Å². The molecule has 13 heavy (non-hydrogen) atoms. The minimum absolute atomic E-state index is 0.195. The molecule has 0 radical (unpaired) electrons. The van der Waals surface area contributed by atoms with Crippen LogP contribution in [-0.2, 0) is 12.8 Å². The van der Waals surface area contributed by atoms with Gasteiger partial charge in [0.1, 0.15) is 5.82 Å². The van der Waals surface area contributed by atoms with Gasteiger partial charge in [0.15, 0.2) is 6.29 Å².